The van der Waals surface area contributed by atoms with Crippen molar-refractivity contribution in [2.75, 3.05) is 13.6 Å². The molecule has 2 rings (SSSR count). The van der Waals surface area contributed by atoms with Crippen molar-refractivity contribution in [1.29, 1.82) is 0 Å². The van der Waals surface area contributed by atoms with Gasteiger partial charge in [-0.05, 0) is 29.1 Å². The first-order chi connectivity index (χ1) is 10.4. The number of carbonyl (C=O) groups is 1. The van der Waals surface area contributed by atoms with Crippen LogP contribution in [0.5, 0.6) is 0 Å². The molecule has 1 aromatic heterocycles. The second-order valence-electron chi connectivity index (χ2n) is 4.63. The molecule has 1 N–H and O–H groups in total. The molecule has 0 saturated heterocycles. The molecule has 0 radical (unpaired) electrons. The van der Waals surface area contributed by atoms with Crippen LogP contribution in [-0.2, 0) is 21.4 Å². The smallest absolute Gasteiger partial charge is 0.250 e. The van der Waals surface area contributed by atoms with Crippen LogP contribution >= 0.6 is 27.3 Å². The van der Waals surface area contributed by atoms with Crippen molar-refractivity contribution in [3.05, 3.63) is 51.8 Å². The van der Waals surface area contributed by atoms with Crippen LogP contribution in [0.4, 0.5) is 0 Å². The van der Waals surface area contributed by atoms with Gasteiger partial charge >= 0.3 is 0 Å². The van der Waals surface area contributed by atoms with Crippen LogP contribution < -0.4 is 4.72 Å². The molecule has 0 unspecified atom stereocenters. The molecule has 0 atom stereocenters. The Bertz CT molecular complexity index is 728. The van der Waals surface area contributed by atoms with Gasteiger partial charge in [-0.25, -0.2) is 13.1 Å². The third-order valence-corrected chi connectivity index (χ3v) is 6.26. The lowest BCUT2D eigenvalue weighted by Crippen LogP contribution is -2.37. The maximum absolute atomic E-state index is 12.0. The summed E-state index contributed by atoms with van der Waals surface area (Å²) in [4.78, 5) is 13.5. The molecule has 0 aliphatic heterocycles. The molecule has 8 heteroatoms. The summed E-state index contributed by atoms with van der Waals surface area (Å²) in [6, 6.07) is 10.8. The van der Waals surface area contributed by atoms with Crippen molar-refractivity contribution >= 4 is 43.2 Å². The van der Waals surface area contributed by atoms with Gasteiger partial charge in [0.1, 0.15) is 4.21 Å². The van der Waals surface area contributed by atoms with Gasteiger partial charge in [0.15, 0.2) is 0 Å². The van der Waals surface area contributed by atoms with Crippen molar-refractivity contribution in [1.82, 2.24) is 9.62 Å². The van der Waals surface area contributed by atoms with E-state index in [4.69, 9.17) is 0 Å². The average molecular weight is 403 g/mol. The van der Waals surface area contributed by atoms with Crippen molar-refractivity contribution in [2.45, 2.75) is 10.8 Å². The molecule has 118 valence electrons. The Balaban J connectivity index is 1.90. The fraction of sp³-hybridized carbons (Fsp3) is 0.214. The highest BCUT2D eigenvalue weighted by atomic mass is 79.9. The molecule has 0 bridgehead atoms. The molecule has 5 nitrogen and oxygen atoms in total. The maximum Gasteiger partial charge on any atom is 0.250 e. The fourth-order valence-electron chi connectivity index (χ4n) is 1.73. The number of likely N-dealkylation sites (N-methyl/N-ethyl adjacent to an activating group) is 1. The van der Waals surface area contributed by atoms with Gasteiger partial charge < -0.3 is 4.90 Å². The minimum absolute atomic E-state index is 0.205. The van der Waals surface area contributed by atoms with Gasteiger partial charge in [-0.15, -0.1) is 11.3 Å². The Morgan fingerprint density at radius 2 is 1.95 bits per heavy atom. The highest BCUT2D eigenvalue weighted by molar-refractivity contribution is 9.10. The van der Waals surface area contributed by atoms with Crippen LogP contribution in [-0.4, -0.2) is 32.8 Å². The molecule has 0 fully saturated rings. The highest BCUT2D eigenvalue weighted by Crippen LogP contribution is 2.15. The molecule has 22 heavy (non-hydrogen) atoms. The first-order valence-electron chi connectivity index (χ1n) is 6.40. The summed E-state index contributed by atoms with van der Waals surface area (Å²) in [5, 5.41) is 1.68. The molecule has 0 aliphatic rings. The van der Waals surface area contributed by atoms with E-state index in [9.17, 15) is 13.2 Å². The molecule has 1 amide bonds. The van der Waals surface area contributed by atoms with Gasteiger partial charge in [0.25, 0.3) is 10.0 Å². The third kappa shape index (κ3) is 4.64. The summed E-state index contributed by atoms with van der Waals surface area (Å²) in [6.45, 7) is 0.167. The molecule has 0 spiro atoms. The van der Waals surface area contributed by atoms with Crippen molar-refractivity contribution in [3.63, 3.8) is 0 Å². The largest absolute Gasteiger partial charge is 0.340 e. The van der Waals surface area contributed by atoms with Crippen molar-refractivity contribution in [3.8, 4) is 0 Å². The minimum atomic E-state index is -3.61. The van der Waals surface area contributed by atoms with E-state index in [0.29, 0.717) is 6.54 Å². The van der Waals surface area contributed by atoms with Crippen LogP contribution in [0.2, 0.25) is 0 Å². The van der Waals surface area contributed by atoms with Crippen LogP contribution in [0.15, 0.2) is 50.5 Å². The fourth-order valence-corrected chi connectivity index (χ4v) is 4.01. The summed E-state index contributed by atoms with van der Waals surface area (Å²) in [5.41, 5.74) is 0.972. The summed E-state index contributed by atoms with van der Waals surface area (Å²) in [6.07, 6.45) is 0. The van der Waals surface area contributed by atoms with E-state index in [1.54, 1.807) is 18.5 Å². The number of halogens is 1. The quantitative estimate of drug-likeness (QED) is 0.806. The molecule has 0 saturated carbocycles. The number of benzene rings is 1. The monoisotopic (exact) mass is 402 g/mol. The molecule has 1 aromatic carbocycles. The summed E-state index contributed by atoms with van der Waals surface area (Å²) in [7, 11) is -1.97. The van der Waals surface area contributed by atoms with E-state index in [2.05, 4.69) is 20.7 Å². The maximum atomic E-state index is 12.0. The van der Waals surface area contributed by atoms with Gasteiger partial charge in [-0.1, -0.05) is 34.1 Å². The zero-order chi connectivity index (χ0) is 16.2. The van der Waals surface area contributed by atoms with Gasteiger partial charge in [0, 0.05) is 18.1 Å². The lowest BCUT2D eigenvalue weighted by atomic mass is 10.2. The zero-order valence-corrected chi connectivity index (χ0v) is 15.0. The number of hydrogen-bond acceptors (Lipinski definition) is 4. The van der Waals surface area contributed by atoms with E-state index < -0.39 is 10.0 Å². The van der Waals surface area contributed by atoms with Crippen LogP contribution in [0.25, 0.3) is 0 Å². The predicted molar refractivity (Wildman–Crippen MR) is 90.1 cm³/mol. The molecular formula is C14H15BrN2O3S2. The number of amides is 1. The summed E-state index contributed by atoms with van der Waals surface area (Å²) < 4.78 is 27.4. The second kappa shape index (κ2) is 7.36. The Hall–Kier alpha value is -1.22. The van der Waals surface area contributed by atoms with Crippen molar-refractivity contribution in [2.24, 2.45) is 0 Å². The SMILES string of the molecule is CN(Cc1ccc(Br)cc1)C(=O)CNS(=O)(=O)c1cccs1. The number of hydrogen-bond donors (Lipinski definition) is 1. The van der Waals surface area contributed by atoms with E-state index >= 15 is 0 Å². The highest BCUT2D eigenvalue weighted by Gasteiger charge is 2.18. The van der Waals surface area contributed by atoms with E-state index in [1.807, 2.05) is 24.3 Å². The van der Waals surface area contributed by atoms with E-state index in [-0.39, 0.29) is 16.7 Å². The van der Waals surface area contributed by atoms with Crippen LogP contribution in [0.1, 0.15) is 5.56 Å². The van der Waals surface area contributed by atoms with E-state index in [1.165, 1.54) is 11.0 Å². The number of thiophene rings is 1. The first-order valence-corrected chi connectivity index (χ1v) is 9.55. The van der Waals surface area contributed by atoms with Gasteiger partial charge in [0.05, 0.1) is 6.54 Å². The normalized spacial score (nSPS) is 11.4. The second-order valence-corrected chi connectivity index (χ2v) is 8.49. The zero-order valence-electron chi connectivity index (χ0n) is 11.8. The third-order valence-electron chi connectivity index (χ3n) is 2.93. The number of rotatable bonds is 6. The number of sulfonamides is 1. The standard InChI is InChI=1S/C14H15BrN2O3S2/c1-17(10-11-4-6-12(15)7-5-11)13(18)9-16-22(19,20)14-3-2-8-21-14/h2-8,16H,9-10H2,1H3. The summed E-state index contributed by atoms with van der Waals surface area (Å²) >= 11 is 4.46. The Morgan fingerprint density at radius 3 is 2.55 bits per heavy atom. The lowest BCUT2D eigenvalue weighted by Gasteiger charge is -2.17. The number of nitrogens with zero attached hydrogens (tertiary/aromatic N) is 1. The van der Waals surface area contributed by atoms with Gasteiger partial charge in [-0.2, -0.15) is 0 Å². The van der Waals surface area contributed by atoms with Crippen molar-refractivity contribution < 1.29 is 13.2 Å². The Morgan fingerprint density at radius 1 is 1.27 bits per heavy atom. The lowest BCUT2D eigenvalue weighted by molar-refractivity contribution is -0.129. The molecular weight excluding hydrogens is 388 g/mol. The first kappa shape index (κ1) is 17.1. The van der Waals surface area contributed by atoms with E-state index in [0.717, 1.165) is 21.4 Å². The van der Waals surface area contributed by atoms with Gasteiger partial charge in [0.2, 0.25) is 5.91 Å². The van der Waals surface area contributed by atoms with Gasteiger partial charge in [-0.3, -0.25) is 4.79 Å². The average Bonchev–Trinajstić information content (AvgIpc) is 3.02. The number of carbonyl (C=O) groups excluding carboxylic acids is 1. The molecule has 2 aromatic rings. The predicted octanol–water partition coefficient (Wildman–Crippen LogP) is 2.45. The molecule has 1 heterocycles. The minimum Gasteiger partial charge on any atom is -0.340 e. The topological polar surface area (TPSA) is 66.5 Å². The van der Waals surface area contributed by atoms with Crippen LogP contribution in [0.3, 0.4) is 0 Å². The Kier molecular flexibility index (Phi) is 5.74. The Labute approximate surface area is 142 Å². The summed E-state index contributed by atoms with van der Waals surface area (Å²) in [5.74, 6) is -0.289. The molecule has 0 aliphatic carbocycles. The van der Waals surface area contributed by atoms with Crippen LogP contribution in [0, 0.1) is 0 Å². The number of nitrogens with one attached hydrogen (secondary N) is 1.